The molecule has 0 aliphatic carbocycles. The van der Waals surface area contributed by atoms with Gasteiger partial charge in [-0.2, -0.15) is 0 Å². The van der Waals surface area contributed by atoms with E-state index in [0.717, 1.165) is 4.47 Å². The molecule has 2 rings (SSSR count). The summed E-state index contributed by atoms with van der Waals surface area (Å²) in [5.74, 6) is -0.556. The Morgan fingerprint density at radius 3 is 2.65 bits per heavy atom. The van der Waals surface area contributed by atoms with Crippen LogP contribution in [0.2, 0.25) is 5.02 Å². The number of carbonyl (C=O) groups excluding carboxylic acids is 1. The number of rotatable bonds is 3. The van der Waals surface area contributed by atoms with Gasteiger partial charge >= 0.3 is 0 Å². The molecule has 0 aliphatic heterocycles. The molecule has 2 N–H and O–H groups in total. The summed E-state index contributed by atoms with van der Waals surface area (Å²) in [4.78, 5) is 22.2. The minimum absolute atomic E-state index is 0.0331. The smallest absolute Gasteiger partial charge is 0.270 e. The van der Waals surface area contributed by atoms with E-state index >= 15 is 0 Å². The maximum atomic E-state index is 12.1. The van der Waals surface area contributed by atoms with Gasteiger partial charge in [0.1, 0.15) is 0 Å². The zero-order valence-corrected chi connectivity index (χ0v) is 14.5. The second-order valence-corrected chi connectivity index (χ2v) is 6.07. The summed E-state index contributed by atoms with van der Waals surface area (Å²) >= 11 is 14.4. The number of non-ortho nitro benzene ring substituents is 1. The third-order valence-electron chi connectivity index (χ3n) is 2.73. The largest absolute Gasteiger partial charge is 0.331 e. The first-order chi connectivity index (χ1) is 10.9. The van der Waals surface area contributed by atoms with Crippen LogP contribution in [0.25, 0.3) is 0 Å². The molecule has 0 atom stereocenters. The summed E-state index contributed by atoms with van der Waals surface area (Å²) in [6, 6.07) is 10.5. The number of nitrogens with one attached hydrogen (secondary N) is 2. The molecule has 0 aliphatic rings. The van der Waals surface area contributed by atoms with Crippen molar-refractivity contribution in [3.05, 3.63) is 67.6 Å². The van der Waals surface area contributed by atoms with E-state index in [1.54, 1.807) is 18.2 Å². The molecule has 0 spiro atoms. The zero-order valence-electron chi connectivity index (χ0n) is 11.4. The van der Waals surface area contributed by atoms with E-state index in [1.807, 2.05) is 0 Å². The van der Waals surface area contributed by atoms with Gasteiger partial charge in [0.25, 0.3) is 11.6 Å². The van der Waals surface area contributed by atoms with E-state index in [0.29, 0.717) is 10.7 Å². The number of benzene rings is 2. The van der Waals surface area contributed by atoms with Gasteiger partial charge in [0.2, 0.25) is 0 Å². The molecule has 9 heteroatoms. The predicted molar refractivity (Wildman–Crippen MR) is 95.9 cm³/mol. The van der Waals surface area contributed by atoms with Crippen molar-refractivity contribution in [2.45, 2.75) is 0 Å². The molecule has 0 saturated heterocycles. The first kappa shape index (κ1) is 17.3. The van der Waals surface area contributed by atoms with Crippen molar-refractivity contribution in [2.24, 2.45) is 0 Å². The molecule has 0 bridgehead atoms. The SMILES string of the molecule is O=C(NC(=S)Nc1ccc(Br)cc1Cl)c1cccc([N+](=O)[O-])c1. The number of nitrogens with zero attached hydrogens (tertiary/aromatic N) is 1. The van der Waals surface area contributed by atoms with Crippen LogP contribution in [0.1, 0.15) is 10.4 Å². The highest BCUT2D eigenvalue weighted by molar-refractivity contribution is 9.10. The monoisotopic (exact) mass is 413 g/mol. The van der Waals surface area contributed by atoms with Crippen LogP contribution >= 0.6 is 39.7 Å². The highest BCUT2D eigenvalue weighted by atomic mass is 79.9. The van der Waals surface area contributed by atoms with Crippen molar-refractivity contribution in [2.75, 3.05) is 5.32 Å². The van der Waals surface area contributed by atoms with Crippen molar-refractivity contribution < 1.29 is 9.72 Å². The fraction of sp³-hybridized carbons (Fsp3) is 0. The fourth-order valence-corrected chi connectivity index (χ4v) is 2.60. The highest BCUT2D eigenvalue weighted by Gasteiger charge is 2.13. The number of thiocarbonyl (C=S) groups is 1. The fourth-order valence-electron chi connectivity index (χ4n) is 1.68. The van der Waals surface area contributed by atoms with Crippen molar-refractivity contribution in [1.29, 1.82) is 0 Å². The van der Waals surface area contributed by atoms with Gasteiger partial charge in [-0.05, 0) is 36.5 Å². The van der Waals surface area contributed by atoms with Crippen molar-refractivity contribution in [3.63, 3.8) is 0 Å². The number of amides is 1. The molecule has 2 aromatic rings. The third kappa shape index (κ3) is 4.72. The van der Waals surface area contributed by atoms with Gasteiger partial charge in [-0.15, -0.1) is 0 Å². The van der Waals surface area contributed by atoms with Gasteiger partial charge in [-0.3, -0.25) is 20.2 Å². The predicted octanol–water partition coefficient (Wildman–Crippen LogP) is 4.14. The lowest BCUT2D eigenvalue weighted by Gasteiger charge is -2.11. The lowest BCUT2D eigenvalue weighted by molar-refractivity contribution is -0.384. The maximum absolute atomic E-state index is 12.1. The lowest BCUT2D eigenvalue weighted by Crippen LogP contribution is -2.34. The van der Waals surface area contributed by atoms with E-state index in [1.165, 1.54) is 24.3 Å². The van der Waals surface area contributed by atoms with Gasteiger partial charge in [0, 0.05) is 22.2 Å². The molecule has 2 aromatic carbocycles. The summed E-state index contributed by atoms with van der Waals surface area (Å²) < 4.78 is 0.805. The Morgan fingerprint density at radius 1 is 1.26 bits per heavy atom. The Bertz CT molecular complexity index is 801. The Balaban J connectivity index is 2.06. The molecule has 0 saturated carbocycles. The Labute approximate surface area is 150 Å². The summed E-state index contributed by atoms with van der Waals surface area (Å²) in [6.07, 6.45) is 0. The average molecular weight is 415 g/mol. The topological polar surface area (TPSA) is 84.3 Å². The second kappa shape index (κ2) is 7.49. The number of halogens is 2. The first-order valence-corrected chi connectivity index (χ1v) is 7.76. The normalized spacial score (nSPS) is 10.0. The molecule has 0 radical (unpaired) electrons. The quantitative estimate of drug-likeness (QED) is 0.448. The van der Waals surface area contributed by atoms with E-state index in [4.69, 9.17) is 23.8 Å². The zero-order chi connectivity index (χ0) is 17.0. The van der Waals surface area contributed by atoms with Crippen LogP contribution in [-0.2, 0) is 0 Å². The van der Waals surface area contributed by atoms with Crippen LogP contribution in [0.5, 0.6) is 0 Å². The number of carbonyl (C=O) groups is 1. The van der Waals surface area contributed by atoms with Crippen LogP contribution in [0.15, 0.2) is 46.9 Å². The molecule has 1 amide bonds. The van der Waals surface area contributed by atoms with E-state index < -0.39 is 10.8 Å². The summed E-state index contributed by atoms with van der Waals surface area (Å²) in [5.41, 5.74) is 0.483. The molecular formula is C14H9BrClN3O3S. The van der Waals surface area contributed by atoms with E-state index in [2.05, 4.69) is 26.6 Å². The number of nitro benzene ring substituents is 1. The number of nitro groups is 1. The Hall–Kier alpha value is -2.03. The van der Waals surface area contributed by atoms with Gasteiger partial charge in [0.05, 0.1) is 15.6 Å². The molecule has 118 valence electrons. The standard InChI is InChI=1S/C14H9BrClN3O3S/c15-9-4-5-12(11(16)7-9)17-14(23)18-13(20)8-2-1-3-10(6-8)19(21)22/h1-7H,(H2,17,18,20,23). The van der Waals surface area contributed by atoms with Crippen LogP contribution in [0.3, 0.4) is 0 Å². The van der Waals surface area contributed by atoms with Crippen molar-refractivity contribution in [3.8, 4) is 0 Å². The van der Waals surface area contributed by atoms with Crippen LogP contribution in [0.4, 0.5) is 11.4 Å². The second-order valence-electron chi connectivity index (χ2n) is 4.34. The van der Waals surface area contributed by atoms with Gasteiger partial charge in [-0.25, -0.2) is 0 Å². The lowest BCUT2D eigenvalue weighted by atomic mass is 10.2. The summed E-state index contributed by atoms with van der Waals surface area (Å²) in [5, 5.41) is 16.4. The van der Waals surface area contributed by atoms with Crippen LogP contribution < -0.4 is 10.6 Å². The molecule has 0 aromatic heterocycles. The van der Waals surface area contributed by atoms with Gasteiger partial charge in [-0.1, -0.05) is 33.6 Å². The average Bonchev–Trinajstić information content (AvgIpc) is 2.50. The highest BCUT2D eigenvalue weighted by Crippen LogP contribution is 2.25. The molecule has 23 heavy (non-hydrogen) atoms. The van der Waals surface area contributed by atoms with Gasteiger partial charge < -0.3 is 5.32 Å². The molecule has 6 nitrogen and oxygen atoms in total. The summed E-state index contributed by atoms with van der Waals surface area (Å²) in [6.45, 7) is 0. The molecule has 0 unspecified atom stereocenters. The minimum atomic E-state index is -0.574. The maximum Gasteiger partial charge on any atom is 0.270 e. The van der Waals surface area contributed by atoms with Crippen LogP contribution in [0, 0.1) is 10.1 Å². The summed E-state index contributed by atoms with van der Waals surface area (Å²) in [7, 11) is 0. The molecule has 0 fully saturated rings. The van der Waals surface area contributed by atoms with Crippen molar-refractivity contribution >= 4 is 62.1 Å². The number of hydrogen-bond donors (Lipinski definition) is 2. The Kier molecular flexibility index (Phi) is 5.64. The van der Waals surface area contributed by atoms with Crippen LogP contribution in [-0.4, -0.2) is 15.9 Å². The van der Waals surface area contributed by atoms with Crippen molar-refractivity contribution in [1.82, 2.24) is 5.32 Å². The van der Waals surface area contributed by atoms with E-state index in [9.17, 15) is 14.9 Å². The molecule has 0 heterocycles. The van der Waals surface area contributed by atoms with Gasteiger partial charge in [0.15, 0.2) is 5.11 Å². The Morgan fingerprint density at radius 2 is 2.00 bits per heavy atom. The number of anilines is 1. The van der Waals surface area contributed by atoms with E-state index in [-0.39, 0.29) is 16.4 Å². The minimum Gasteiger partial charge on any atom is -0.331 e. The third-order valence-corrected chi connectivity index (χ3v) is 3.74. The number of hydrogen-bond acceptors (Lipinski definition) is 4. The first-order valence-electron chi connectivity index (χ1n) is 6.18. The molecular weight excluding hydrogens is 406 g/mol.